The lowest BCUT2D eigenvalue weighted by molar-refractivity contribution is 0.0379. The number of nitrogens with zero attached hydrogens (tertiary/aromatic N) is 3. The van der Waals surface area contributed by atoms with Crippen molar-refractivity contribution in [1.82, 2.24) is 14.9 Å². The number of hydrogen-bond acceptors (Lipinski definition) is 9. The number of likely N-dealkylation sites (N-methyl/N-ethyl adjacent to an activating group) is 1. The first-order valence-electron chi connectivity index (χ1n) is 13.0. The van der Waals surface area contributed by atoms with Gasteiger partial charge in [-0.15, -0.1) is 0 Å². The third kappa shape index (κ3) is 6.72. The summed E-state index contributed by atoms with van der Waals surface area (Å²) in [7, 11) is -2.05. The number of halogens is 1. The molecule has 3 rings (SSSR count). The van der Waals surface area contributed by atoms with E-state index in [9.17, 15) is 28.4 Å². The molecule has 1 atom stereocenters. The number of aromatic nitrogens is 1. The predicted molar refractivity (Wildman–Crippen MR) is 146 cm³/mol. The van der Waals surface area contributed by atoms with Crippen LogP contribution < -0.4 is 15.8 Å². The van der Waals surface area contributed by atoms with E-state index in [-0.39, 0.29) is 50.3 Å². The Bertz CT molecular complexity index is 1340. The van der Waals surface area contributed by atoms with Crippen LogP contribution in [0.15, 0.2) is 29.2 Å². The molecule has 2 amide bonds. The summed E-state index contributed by atoms with van der Waals surface area (Å²) >= 11 is 0. The van der Waals surface area contributed by atoms with Gasteiger partial charge in [-0.2, -0.15) is 0 Å². The summed E-state index contributed by atoms with van der Waals surface area (Å²) in [5, 5.41) is 14.9. The minimum atomic E-state index is -3.53. The van der Waals surface area contributed by atoms with Gasteiger partial charge in [-0.1, -0.05) is 12.1 Å². The van der Waals surface area contributed by atoms with E-state index in [0.717, 1.165) is 6.20 Å². The van der Waals surface area contributed by atoms with Gasteiger partial charge in [0.25, 0.3) is 11.8 Å². The number of fused-ring (bicyclic) bond motifs is 1. The standard InChI is InChI=1S/C26H36FN4O8P/c1-6-37-16-21-29(5)26(35)22-24(33)23(32)19(25(34)28-14-18-10-9-17(4)13-20(18)27)15-31(22)30(21)11-12-40(36,38-7-2)39-8-3/h9-10,13,15,21,33H,6-8,11-12,14,16H2,1-5H3,(H,28,34)/t21-/m0/s1. The molecule has 2 aromatic rings. The Kier molecular flexibility index (Phi) is 10.5. The van der Waals surface area contributed by atoms with Crippen LogP contribution in [0, 0.1) is 12.7 Å². The molecule has 0 saturated heterocycles. The van der Waals surface area contributed by atoms with Gasteiger partial charge < -0.3 is 29.1 Å². The molecule has 40 heavy (non-hydrogen) atoms. The van der Waals surface area contributed by atoms with Crippen LogP contribution in [-0.2, 0) is 24.9 Å². The number of aryl methyl sites for hydroxylation is 1. The molecule has 0 radical (unpaired) electrons. The normalized spacial score (nSPS) is 15.3. The van der Waals surface area contributed by atoms with Gasteiger partial charge in [0.2, 0.25) is 5.43 Å². The van der Waals surface area contributed by atoms with Crippen molar-refractivity contribution in [3.63, 3.8) is 0 Å². The smallest absolute Gasteiger partial charge is 0.332 e. The van der Waals surface area contributed by atoms with Crippen LogP contribution in [0.25, 0.3) is 0 Å². The van der Waals surface area contributed by atoms with Crippen molar-refractivity contribution < 1.29 is 37.4 Å². The highest BCUT2D eigenvalue weighted by molar-refractivity contribution is 7.53. The molecule has 12 nitrogen and oxygen atoms in total. The lowest BCUT2D eigenvalue weighted by Crippen LogP contribution is -2.62. The van der Waals surface area contributed by atoms with E-state index < -0.39 is 48.1 Å². The van der Waals surface area contributed by atoms with Crippen LogP contribution in [0.3, 0.4) is 0 Å². The third-order valence-corrected chi connectivity index (χ3v) is 8.42. The van der Waals surface area contributed by atoms with Crippen LogP contribution in [-0.4, -0.2) is 78.8 Å². The quantitative estimate of drug-likeness (QED) is 0.341. The Morgan fingerprint density at radius 3 is 2.42 bits per heavy atom. The maximum Gasteiger partial charge on any atom is 0.332 e. The second-order valence-corrected chi connectivity index (χ2v) is 11.3. The van der Waals surface area contributed by atoms with E-state index in [0.29, 0.717) is 12.2 Å². The van der Waals surface area contributed by atoms with Crippen LogP contribution >= 0.6 is 7.60 Å². The predicted octanol–water partition coefficient (Wildman–Crippen LogP) is 2.58. The summed E-state index contributed by atoms with van der Waals surface area (Å²) < 4.78 is 45.1. The first-order valence-corrected chi connectivity index (χ1v) is 14.7. The fraction of sp³-hybridized carbons (Fsp3) is 0.500. The second-order valence-electron chi connectivity index (χ2n) is 9.08. The first kappa shape index (κ1) is 31.3. The van der Waals surface area contributed by atoms with Crippen LogP contribution in [0.2, 0.25) is 0 Å². The molecular formula is C26H36FN4O8P. The Hall–Kier alpha value is -3.25. The molecule has 2 heterocycles. The van der Waals surface area contributed by atoms with Crippen molar-refractivity contribution in [3.8, 4) is 5.75 Å². The van der Waals surface area contributed by atoms with Gasteiger partial charge in [-0.3, -0.25) is 28.6 Å². The number of ether oxygens (including phenoxy) is 1. The second kappa shape index (κ2) is 13.4. The minimum absolute atomic E-state index is 0.0163. The number of carbonyl (C=O) groups excluding carboxylic acids is 2. The lowest BCUT2D eigenvalue weighted by atomic mass is 10.1. The van der Waals surface area contributed by atoms with Crippen LogP contribution in [0.1, 0.15) is 52.7 Å². The maximum absolute atomic E-state index is 14.3. The molecule has 220 valence electrons. The number of amides is 2. The van der Waals surface area contributed by atoms with E-state index >= 15 is 0 Å². The van der Waals surface area contributed by atoms with Gasteiger partial charge >= 0.3 is 7.60 Å². The highest BCUT2D eigenvalue weighted by atomic mass is 31.2. The van der Waals surface area contributed by atoms with Crippen molar-refractivity contribution in [2.24, 2.45) is 0 Å². The average molecular weight is 583 g/mol. The number of benzene rings is 1. The molecule has 0 saturated carbocycles. The van der Waals surface area contributed by atoms with Crippen LogP contribution in [0.4, 0.5) is 4.39 Å². The SMILES string of the molecule is CCOC[C@H]1N(C)C(=O)c2c(O)c(=O)c(C(=O)NCc3ccc(C)cc3F)cn2N1CCP(=O)(OCC)OCC. The topological polar surface area (TPSA) is 140 Å². The summed E-state index contributed by atoms with van der Waals surface area (Å²) in [6, 6.07) is 4.53. The first-order chi connectivity index (χ1) is 19.0. The number of nitrogens with one attached hydrogen (secondary N) is 1. The van der Waals surface area contributed by atoms with Gasteiger partial charge in [0, 0.05) is 38.5 Å². The molecule has 1 aromatic heterocycles. The van der Waals surface area contributed by atoms with Crippen molar-refractivity contribution in [3.05, 3.63) is 62.8 Å². The molecule has 0 aliphatic carbocycles. The van der Waals surface area contributed by atoms with E-state index in [1.165, 1.54) is 28.8 Å². The number of hydrogen-bond donors (Lipinski definition) is 2. The fourth-order valence-corrected chi connectivity index (χ4v) is 5.90. The third-order valence-electron chi connectivity index (χ3n) is 6.37. The van der Waals surface area contributed by atoms with Gasteiger partial charge in [0.05, 0.1) is 26.0 Å². The summed E-state index contributed by atoms with van der Waals surface area (Å²) in [4.78, 5) is 40.6. The molecule has 0 bridgehead atoms. The molecule has 1 aromatic carbocycles. The largest absolute Gasteiger partial charge is 0.502 e. The Balaban J connectivity index is 2.03. The fourth-order valence-electron chi connectivity index (χ4n) is 4.33. The molecule has 1 aliphatic heterocycles. The molecule has 1 aliphatic rings. The number of aromatic hydroxyl groups is 1. The highest BCUT2D eigenvalue weighted by Gasteiger charge is 2.40. The Labute approximate surface area is 232 Å². The van der Waals surface area contributed by atoms with Gasteiger partial charge in [0.1, 0.15) is 17.5 Å². The lowest BCUT2D eigenvalue weighted by Gasteiger charge is -2.45. The molecule has 0 spiro atoms. The van der Waals surface area contributed by atoms with Crippen molar-refractivity contribution in [2.45, 2.75) is 40.4 Å². The van der Waals surface area contributed by atoms with Gasteiger partial charge in [0.15, 0.2) is 11.4 Å². The summed E-state index contributed by atoms with van der Waals surface area (Å²) in [6.45, 7) is 7.32. The van der Waals surface area contributed by atoms with Crippen molar-refractivity contribution in [2.75, 3.05) is 51.2 Å². The Morgan fingerprint density at radius 1 is 1.15 bits per heavy atom. The zero-order valence-electron chi connectivity index (χ0n) is 23.3. The molecule has 0 unspecified atom stereocenters. The highest BCUT2D eigenvalue weighted by Crippen LogP contribution is 2.47. The number of carbonyl (C=O) groups is 2. The van der Waals surface area contributed by atoms with E-state index in [2.05, 4.69) is 5.32 Å². The Morgan fingerprint density at radius 2 is 1.82 bits per heavy atom. The maximum atomic E-state index is 14.3. The molecule has 14 heteroatoms. The monoisotopic (exact) mass is 582 g/mol. The summed E-state index contributed by atoms with van der Waals surface area (Å²) in [6.07, 6.45) is 0.282. The molecule has 2 N–H and O–H groups in total. The zero-order chi connectivity index (χ0) is 29.6. The van der Waals surface area contributed by atoms with Gasteiger partial charge in [-0.05, 0) is 39.3 Å². The number of pyridine rings is 1. The summed E-state index contributed by atoms with van der Waals surface area (Å²) in [5.74, 6) is -3.00. The minimum Gasteiger partial charge on any atom is -0.502 e. The van der Waals surface area contributed by atoms with Gasteiger partial charge in [-0.25, -0.2) is 4.39 Å². The average Bonchev–Trinajstić information content (AvgIpc) is 2.90. The molecule has 0 fully saturated rings. The summed E-state index contributed by atoms with van der Waals surface area (Å²) in [5.41, 5.74) is -0.987. The van der Waals surface area contributed by atoms with Crippen LogP contribution in [0.5, 0.6) is 5.75 Å². The van der Waals surface area contributed by atoms with E-state index in [4.69, 9.17) is 13.8 Å². The molecular weight excluding hydrogens is 546 g/mol. The number of rotatable bonds is 13. The van der Waals surface area contributed by atoms with Crippen molar-refractivity contribution >= 4 is 19.4 Å². The van der Waals surface area contributed by atoms with E-state index in [1.807, 2.05) is 0 Å². The zero-order valence-corrected chi connectivity index (χ0v) is 24.2. The van der Waals surface area contributed by atoms with E-state index in [1.54, 1.807) is 38.8 Å². The van der Waals surface area contributed by atoms with Crippen molar-refractivity contribution in [1.29, 1.82) is 0 Å².